The number of nitriles is 1. The third-order valence-corrected chi connectivity index (χ3v) is 8.61. The van der Waals surface area contributed by atoms with Crippen LogP contribution >= 0.6 is 11.3 Å². The highest BCUT2D eigenvalue weighted by Crippen LogP contribution is 2.35. The van der Waals surface area contributed by atoms with Crippen molar-refractivity contribution >= 4 is 38.4 Å². The van der Waals surface area contributed by atoms with Crippen molar-refractivity contribution in [1.82, 2.24) is 29.2 Å². The molecule has 0 aliphatic carbocycles. The zero-order chi connectivity index (χ0) is 27.1. The van der Waals surface area contributed by atoms with E-state index >= 15 is 0 Å². The van der Waals surface area contributed by atoms with E-state index in [0.29, 0.717) is 28.2 Å². The van der Waals surface area contributed by atoms with E-state index < -0.39 is 6.43 Å². The van der Waals surface area contributed by atoms with Crippen molar-refractivity contribution in [3.05, 3.63) is 45.5 Å². The Kier molecular flexibility index (Phi) is 7.15. The number of thiophene rings is 1. The minimum atomic E-state index is -2.50. The maximum absolute atomic E-state index is 13.2. The molecule has 5 heterocycles. The molecule has 1 unspecified atom stereocenters. The first-order valence-electron chi connectivity index (χ1n) is 12.8. The number of fused-ring (bicyclic) bond motifs is 2. The molecule has 1 fully saturated rings. The lowest BCUT2D eigenvalue weighted by molar-refractivity contribution is 0.0989. The number of alkyl halides is 2. The Balaban J connectivity index is 1.49. The van der Waals surface area contributed by atoms with Gasteiger partial charge in [0, 0.05) is 43.6 Å². The van der Waals surface area contributed by atoms with Gasteiger partial charge in [-0.3, -0.25) is 14.1 Å². The standard InChI is InChI=1S/C26H30F2N8OS/c1-5-17-13-36(24-22-20(33(4)26(37)31-24)14-34(32-22)10-9-29)18(6-2)12-35(17)15(3)19-8-7-16-11-21(23(27)28)38-25(16)30-19/h7-8,11,14-15,17-18,23H,5-6,10,12-13H2,1-4H3/t15?,17-,18+/m1/s1. The van der Waals surface area contributed by atoms with E-state index in [9.17, 15) is 13.6 Å². The molecule has 1 aliphatic rings. The van der Waals surface area contributed by atoms with E-state index in [1.807, 2.05) is 12.1 Å². The molecule has 38 heavy (non-hydrogen) atoms. The van der Waals surface area contributed by atoms with Gasteiger partial charge in [-0.2, -0.15) is 15.3 Å². The second-order valence-electron chi connectivity index (χ2n) is 9.72. The molecule has 0 spiro atoms. The summed E-state index contributed by atoms with van der Waals surface area (Å²) in [7, 11) is 1.66. The quantitative estimate of drug-likeness (QED) is 0.337. The van der Waals surface area contributed by atoms with E-state index in [1.165, 1.54) is 15.3 Å². The summed E-state index contributed by atoms with van der Waals surface area (Å²) in [4.78, 5) is 27.2. The van der Waals surface area contributed by atoms with Gasteiger partial charge < -0.3 is 4.90 Å². The molecule has 1 aliphatic heterocycles. The van der Waals surface area contributed by atoms with Crippen molar-refractivity contribution in [2.75, 3.05) is 18.0 Å². The van der Waals surface area contributed by atoms with Gasteiger partial charge in [0.05, 0.1) is 28.4 Å². The largest absolute Gasteiger partial charge is 0.349 e. The Labute approximate surface area is 222 Å². The molecule has 5 rings (SSSR count). The van der Waals surface area contributed by atoms with E-state index in [4.69, 9.17) is 10.2 Å². The maximum atomic E-state index is 13.2. The van der Waals surface area contributed by atoms with Crippen molar-refractivity contribution < 1.29 is 8.78 Å². The Morgan fingerprint density at radius 1 is 1.18 bits per heavy atom. The minimum Gasteiger partial charge on any atom is -0.349 e. The van der Waals surface area contributed by atoms with Crippen molar-refractivity contribution in [1.29, 1.82) is 5.26 Å². The summed E-state index contributed by atoms with van der Waals surface area (Å²) in [6, 6.07) is 7.62. The summed E-state index contributed by atoms with van der Waals surface area (Å²) in [5.41, 5.74) is 1.74. The number of halogens is 2. The maximum Gasteiger partial charge on any atom is 0.349 e. The van der Waals surface area contributed by atoms with E-state index in [0.717, 1.165) is 41.8 Å². The fraction of sp³-hybridized carbons (Fsp3) is 0.500. The molecule has 9 nitrogen and oxygen atoms in total. The summed E-state index contributed by atoms with van der Waals surface area (Å²) in [5, 5.41) is 14.5. The molecular formula is C26H30F2N8OS. The summed E-state index contributed by atoms with van der Waals surface area (Å²) in [6.07, 6.45) is 0.906. The minimum absolute atomic E-state index is 0.0240. The normalized spacial score (nSPS) is 19.5. The zero-order valence-electron chi connectivity index (χ0n) is 21.8. The van der Waals surface area contributed by atoms with Crippen molar-refractivity contribution in [2.45, 2.75) is 64.7 Å². The number of rotatable bonds is 7. The Bertz CT molecular complexity index is 1570. The number of aryl methyl sites for hydroxylation is 1. The SMILES string of the molecule is CC[C@H]1CN(C(C)c2ccc3cc(C(F)F)sc3n2)[C@H](CC)CN1c1nc(=O)n(C)c2cn(CC#N)nc12. The van der Waals surface area contributed by atoms with Crippen LogP contribution in [0.25, 0.3) is 21.3 Å². The van der Waals surface area contributed by atoms with Crippen LogP contribution in [-0.4, -0.2) is 54.4 Å². The highest BCUT2D eigenvalue weighted by atomic mass is 32.1. The van der Waals surface area contributed by atoms with Crippen LogP contribution in [0.3, 0.4) is 0 Å². The van der Waals surface area contributed by atoms with Crippen LogP contribution in [0.1, 0.15) is 56.7 Å². The zero-order valence-corrected chi connectivity index (χ0v) is 22.6. The van der Waals surface area contributed by atoms with Crippen LogP contribution < -0.4 is 10.6 Å². The first kappa shape index (κ1) is 26.2. The third kappa shape index (κ3) is 4.54. The lowest BCUT2D eigenvalue weighted by Gasteiger charge is -2.48. The molecule has 3 atom stereocenters. The second kappa shape index (κ2) is 10.4. The van der Waals surface area contributed by atoms with Gasteiger partial charge in [-0.1, -0.05) is 19.9 Å². The summed E-state index contributed by atoms with van der Waals surface area (Å²) >= 11 is 1.05. The van der Waals surface area contributed by atoms with Crippen LogP contribution in [-0.2, 0) is 13.6 Å². The first-order valence-corrected chi connectivity index (χ1v) is 13.6. The predicted octanol–water partition coefficient (Wildman–Crippen LogP) is 4.64. The molecule has 1 saturated heterocycles. The topological polar surface area (TPSA) is 95.9 Å². The number of piperazine rings is 1. The lowest BCUT2D eigenvalue weighted by atomic mass is 9.98. The molecule has 0 amide bonds. The molecule has 0 saturated carbocycles. The molecule has 0 radical (unpaired) electrons. The van der Waals surface area contributed by atoms with Crippen molar-refractivity contribution in [2.24, 2.45) is 7.05 Å². The molecule has 0 N–H and O–H groups in total. The molecule has 0 bridgehead atoms. The number of nitrogens with zero attached hydrogens (tertiary/aromatic N) is 8. The highest BCUT2D eigenvalue weighted by molar-refractivity contribution is 7.18. The van der Waals surface area contributed by atoms with Gasteiger partial charge in [0.15, 0.2) is 11.3 Å². The van der Waals surface area contributed by atoms with Crippen LogP contribution in [0.2, 0.25) is 0 Å². The first-order chi connectivity index (χ1) is 18.2. The number of anilines is 1. The van der Waals surface area contributed by atoms with Crippen LogP contribution in [0.15, 0.2) is 29.2 Å². The van der Waals surface area contributed by atoms with Gasteiger partial charge in [-0.15, -0.1) is 11.3 Å². The Morgan fingerprint density at radius 2 is 1.95 bits per heavy atom. The smallest absolute Gasteiger partial charge is 0.349 e. The molecule has 12 heteroatoms. The van der Waals surface area contributed by atoms with E-state index in [-0.39, 0.29) is 35.2 Å². The van der Waals surface area contributed by atoms with Crippen molar-refractivity contribution in [3.8, 4) is 6.07 Å². The summed E-state index contributed by atoms with van der Waals surface area (Å²) in [5.74, 6) is 0.551. The van der Waals surface area contributed by atoms with Gasteiger partial charge in [0.1, 0.15) is 11.4 Å². The summed E-state index contributed by atoms with van der Waals surface area (Å²) < 4.78 is 29.4. The molecule has 4 aromatic rings. The van der Waals surface area contributed by atoms with Crippen LogP contribution in [0.5, 0.6) is 0 Å². The Morgan fingerprint density at radius 3 is 2.63 bits per heavy atom. The lowest BCUT2D eigenvalue weighted by Crippen LogP contribution is -2.59. The van der Waals surface area contributed by atoms with Gasteiger partial charge in [0.2, 0.25) is 0 Å². The second-order valence-corrected chi connectivity index (χ2v) is 10.8. The molecule has 4 aromatic heterocycles. The summed E-state index contributed by atoms with van der Waals surface area (Å²) in [6.45, 7) is 7.81. The average molecular weight is 541 g/mol. The van der Waals surface area contributed by atoms with Gasteiger partial charge >= 0.3 is 5.69 Å². The average Bonchev–Trinajstić information content (AvgIpc) is 3.54. The molecule has 0 aromatic carbocycles. The third-order valence-electron chi connectivity index (χ3n) is 7.55. The Hall–Kier alpha value is -3.43. The van der Waals surface area contributed by atoms with E-state index in [1.54, 1.807) is 13.2 Å². The fourth-order valence-electron chi connectivity index (χ4n) is 5.37. The monoisotopic (exact) mass is 540 g/mol. The number of aromatic nitrogens is 5. The number of hydrogen-bond acceptors (Lipinski definition) is 8. The van der Waals surface area contributed by atoms with E-state index in [2.05, 4.69) is 46.7 Å². The van der Waals surface area contributed by atoms with Crippen LogP contribution in [0, 0.1) is 11.3 Å². The van der Waals surface area contributed by atoms with Crippen LogP contribution in [0.4, 0.5) is 14.6 Å². The van der Waals surface area contributed by atoms with Gasteiger partial charge in [-0.25, -0.2) is 18.6 Å². The predicted molar refractivity (Wildman–Crippen MR) is 144 cm³/mol. The van der Waals surface area contributed by atoms with Gasteiger partial charge in [0.25, 0.3) is 6.43 Å². The number of pyridine rings is 1. The highest BCUT2D eigenvalue weighted by Gasteiger charge is 2.37. The molecular weight excluding hydrogens is 510 g/mol. The molecule has 200 valence electrons. The fourth-order valence-corrected chi connectivity index (χ4v) is 6.27. The number of hydrogen-bond donors (Lipinski definition) is 0. The van der Waals surface area contributed by atoms with Crippen molar-refractivity contribution in [3.63, 3.8) is 0 Å². The van der Waals surface area contributed by atoms with Gasteiger partial charge in [-0.05, 0) is 31.9 Å².